The van der Waals surface area contributed by atoms with Crippen LogP contribution in [0.25, 0.3) is 0 Å². The van der Waals surface area contributed by atoms with Gasteiger partial charge < -0.3 is 20.1 Å². The van der Waals surface area contributed by atoms with Crippen molar-refractivity contribution in [2.24, 2.45) is 0 Å². The molecule has 0 spiro atoms. The molecule has 24 heavy (non-hydrogen) atoms. The third-order valence-corrected chi connectivity index (χ3v) is 3.91. The van der Waals surface area contributed by atoms with Crippen molar-refractivity contribution in [3.8, 4) is 11.5 Å². The summed E-state index contributed by atoms with van der Waals surface area (Å²) in [6.45, 7) is 7.22. The molecule has 0 saturated heterocycles. The van der Waals surface area contributed by atoms with Gasteiger partial charge in [-0.2, -0.15) is 5.10 Å². The summed E-state index contributed by atoms with van der Waals surface area (Å²) in [5.74, 6) is 1.20. The minimum Gasteiger partial charge on any atom is -0.497 e. The second-order valence-electron chi connectivity index (χ2n) is 5.34. The summed E-state index contributed by atoms with van der Waals surface area (Å²) in [7, 11) is 3.12. The Morgan fingerprint density at radius 1 is 1.25 bits per heavy atom. The molecule has 7 nitrogen and oxygen atoms in total. The minimum atomic E-state index is -0.304. The standard InChI is InChI=1S/C17H24N4O3/c1-6-21-12(3)14(11(2)20-21)10-18-17(22)19-15-8-7-13(23-4)9-16(15)24-5/h7-9H,6,10H2,1-5H3,(H2,18,19,22). The van der Waals surface area contributed by atoms with E-state index in [-0.39, 0.29) is 6.03 Å². The summed E-state index contributed by atoms with van der Waals surface area (Å²) in [5.41, 5.74) is 3.61. The molecule has 0 unspecified atom stereocenters. The molecule has 0 bridgehead atoms. The van der Waals surface area contributed by atoms with Crippen LogP contribution < -0.4 is 20.1 Å². The summed E-state index contributed by atoms with van der Waals surface area (Å²) < 4.78 is 12.3. The van der Waals surface area contributed by atoms with Gasteiger partial charge in [-0.1, -0.05) is 0 Å². The first-order chi connectivity index (χ1) is 11.5. The molecule has 2 aromatic rings. The van der Waals surface area contributed by atoms with Crippen LogP contribution in [0.4, 0.5) is 10.5 Å². The molecule has 2 N–H and O–H groups in total. The Labute approximate surface area is 142 Å². The van der Waals surface area contributed by atoms with E-state index in [0.29, 0.717) is 23.7 Å². The first-order valence-corrected chi connectivity index (χ1v) is 7.79. The number of amides is 2. The van der Waals surface area contributed by atoms with Gasteiger partial charge in [-0.15, -0.1) is 0 Å². The van der Waals surface area contributed by atoms with E-state index < -0.39 is 0 Å². The molecule has 0 atom stereocenters. The van der Waals surface area contributed by atoms with Crippen LogP contribution in [0, 0.1) is 13.8 Å². The average molecular weight is 332 g/mol. The molecule has 7 heteroatoms. The lowest BCUT2D eigenvalue weighted by Gasteiger charge is -2.12. The number of methoxy groups -OCH3 is 2. The van der Waals surface area contributed by atoms with Gasteiger partial charge in [-0.05, 0) is 32.9 Å². The highest BCUT2D eigenvalue weighted by Gasteiger charge is 2.13. The number of benzene rings is 1. The molecule has 2 amide bonds. The first-order valence-electron chi connectivity index (χ1n) is 7.79. The van der Waals surface area contributed by atoms with Gasteiger partial charge in [0.15, 0.2) is 0 Å². The van der Waals surface area contributed by atoms with Crippen LogP contribution in [-0.2, 0) is 13.1 Å². The number of hydrogen-bond donors (Lipinski definition) is 2. The first kappa shape index (κ1) is 17.7. The largest absolute Gasteiger partial charge is 0.497 e. The number of hydrogen-bond acceptors (Lipinski definition) is 4. The number of rotatable bonds is 6. The lowest BCUT2D eigenvalue weighted by Crippen LogP contribution is -2.28. The molecule has 1 aromatic heterocycles. The molecule has 0 aliphatic carbocycles. The molecule has 1 aromatic carbocycles. The minimum absolute atomic E-state index is 0.304. The van der Waals surface area contributed by atoms with E-state index in [0.717, 1.165) is 23.5 Å². The summed E-state index contributed by atoms with van der Waals surface area (Å²) in [4.78, 5) is 12.2. The van der Waals surface area contributed by atoms with Gasteiger partial charge in [0.05, 0.1) is 25.6 Å². The third-order valence-electron chi connectivity index (χ3n) is 3.91. The Balaban J connectivity index is 2.03. The second-order valence-corrected chi connectivity index (χ2v) is 5.34. The van der Waals surface area contributed by atoms with Crippen molar-refractivity contribution in [3.63, 3.8) is 0 Å². The Kier molecular flexibility index (Phi) is 5.68. The highest BCUT2D eigenvalue weighted by molar-refractivity contribution is 5.91. The molecule has 130 valence electrons. The normalized spacial score (nSPS) is 10.4. The van der Waals surface area contributed by atoms with Crippen molar-refractivity contribution >= 4 is 11.7 Å². The monoisotopic (exact) mass is 332 g/mol. The summed E-state index contributed by atoms with van der Waals surface area (Å²) in [5, 5.41) is 10.1. The molecular formula is C17H24N4O3. The van der Waals surface area contributed by atoms with Gasteiger partial charge in [0, 0.05) is 30.4 Å². The third kappa shape index (κ3) is 3.79. The van der Waals surface area contributed by atoms with Crippen LogP contribution in [0.5, 0.6) is 11.5 Å². The molecule has 0 aliphatic rings. The number of aryl methyl sites for hydroxylation is 2. The summed E-state index contributed by atoms with van der Waals surface area (Å²) in [6, 6.07) is 4.91. The highest BCUT2D eigenvalue weighted by atomic mass is 16.5. The van der Waals surface area contributed by atoms with Crippen LogP contribution in [-0.4, -0.2) is 30.0 Å². The smallest absolute Gasteiger partial charge is 0.319 e. The van der Waals surface area contributed by atoms with Crippen LogP contribution in [0.2, 0.25) is 0 Å². The van der Waals surface area contributed by atoms with Crippen molar-refractivity contribution < 1.29 is 14.3 Å². The maximum absolute atomic E-state index is 12.2. The van der Waals surface area contributed by atoms with Crippen molar-refractivity contribution in [1.82, 2.24) is 15.1 Å². The molecule has 0 saturated carbocycles. The summed E-state index contributed by atoms with van der Waals surface area (Å²) >= 11 is 0. The zero-order valence-corrected chi connectivity index (χ0v) is 14.8. The van der Waals surface area contributed by atoms with Gasteiger partial charge in [0.1, 0.15) is 11.5 Å². The van der Waals surface area contributed by atoms with Gasteiger partial charge in [0.2, 0.25) is 0 Å². The highest BCUT2D eigenvalue weighted by Crippen LogP contribution is 2.28. The molecule has 0 aliphatic heterocycles. The van der Waals surface area contributed by atoms with E-state index in [2.05, 4.69) is 15.7 Å². The van der Waals surface area contributed by atoms with E-state index in [9.17, 15) is 4.79 Å². The van der Waals surface area contributed by atoms with Crippen molar-refractivity contribution in [1.29, 1.82) is 0 Å². The number of nitrogens with zero attached hydrogens (tertiary/aromatic N) is 2. The van der Waals surface area contributed by atoms with Gasteiger partial charge in [-0.3, -0.25) is 4.68 Å². The number of nitrogens with one attached hydrogen (secondary N) is 2. The fourth-order valence-corrected chi connectivity index (χ4v) is 2.53. The van der Waals surface area contributed by atoms with E-state index in [1.54, 1.807) is 32.4 Å². The van der Waals surface area contributed by atoms with E-state index >= 15 is 0 Å². The number of urea groups is 1. The van der Waals surface area contributed by atoms with Crippen LogP contribution in [0.3, 0.4) is 0 Å². The molecular weight excluding hydrogens is 308 g/mol. The van der Waals surface area contributed by atoms with Gasteiger partial charge in [-0.25, -0.2) is 4.79 Å². The summed E-state index contributed by atoms with van der Waals surface area (Å²) in [6.07, 6.45) is 0. The van der Waals surface area contributed by atoms with Crippen LogP contribution in [0.15, 0.2) is 18.2 Å². The molecule has 1 heterocycles. The Morgan fingerprint density at radius 2 is 2.00 bits per heavy atom. The number of carbonyl (C=O) groups is 1. The fourth-order valence-electron chi connectivity index (χ4n) is 2.53. The number of aromatic nitrogens is 2. The lowest BCUT2D eigenvalue weighted by atomic mass is 10.2. The van der Waals surface area contributed by atoms with Crippen molar-refractivity contribution in [2.75, 3.05) is 19.5 Å². The van der Waals surface area contributed by atoms with E-state index in [1.807, 2.05) is 25.5 Å². The Morgan fingerprint density at radius 3 is 2.58 bits per heavy atom. The second kappa shape index (κ2) is 7.72. The Bertz CT molecular complexity index is 725. The number of ether oxygens (including phenoxy) is 2. The molecule has 2 rings (SSSR count). The topological polar surface area (TPSA) is 77.4 Å². The van der Waals surface area contributed by atoms with Gasteiger partial charge >= 0.3 is 6.03 Å². The van der Waals surface area contributed by atoms with Crippen molar-refractivity contribution in [2.45, 2.75) is 33.9 Å². The SMILES string of the molecule is CCn1nc(C)c(CNC(=O)Nc2ccc(OC)cc2OC)c1C. The van der Waals surface area contributed by atoms with Crippen LogP contribution in [0.1, 0.15) is 23.9 Å². The fraction of sp³-hybridized carbons (Fsp3) is 0.412. The number of anilines is 1. The zero-order valence-electron chi connectivity index (χ0n) is 14.8. The predicted molar refractivity (Wildman–Crippen MR) is 92.8 cm³/mol. The quantitative estimate of drug-likeness (QED) is 0.853. The number of carbonyl (C=O) groups excluding carboxylic acids is 1. The Hall–Kier alpha value is -2.70. The molecule has 0 radical (unpaired) electrons. The molecule has 0 fully saturated rings. The maximum Gasteiger partial charge on any atom is 0.319 e. The van der Waals surface area contributed by atoms with E-state index in [4.69, 9.17) is 9.47 Å². The predicted octanol–water partition coefficient (Wildman–Crippen LogP) is 2.86. The zero-order chi connectivity index (χ0) is 17.7. The average Bonchev–Trinajstić information content (AvgIpc) is 2.86. The van der Waals surface area contributed by atoms with E-state index in [1.165, 1.54) is 0 Å². The lowest BCUT2D eigenvalue weighted by molar-refractivity contribution is 0.251. The van der Waals surface area contributed by atoms with Crippen molar-refractivity contribution in [3.05, 3.63) is 35.2 Å². The van der Waals surface area contributed by atoms with Gasteiger partial charge in [0.25, 0.3) is 0 Å². The van der Waals surface area contributed by atoms with Crippen LogP contribution >= 0.6 is 0 Å². The maximum atomic E-state index is 12.2.